The highest BCUT2D eigenvalue weighted by atomic mass is 16.5. The van der Waals surface area contributed by atoms with Crippen LogP contribution in [0.3, 0.4) is 0 Å². The molecule has 23 heavy (non-hydrogen) atoms. The molecule has 0 aromatic carbocycles. The maximum Gasteiger partial charge on any atom is 0.313 e. The summed E-state index contributed by atoms with van der Waals surface area (Å²) in [4.78, 5) is 23.0. The maximum atomic E-state index is 12.2. The van der Waals surface area contributed by atoms with E-state index in [1.807, 2.05) is 26.0 Å². The van der Waals surface area contributed by atoms with Gasteiger partial charge < -0.3 is 14.2 Å². The largest absolute Gasteiger partial charge is 0.466 e. The van der Waals surface area contributed by atoms with Crippen LogP contribution in [0.2, 0.25) is 0 Å². The minimum Gasteiger partial charge on any atom is -0.466 e. The summed E-state index contributed by atoms with van der Waals surface area (Å²) in [5, 5.41) is 3.84. The fourth-order valence-electron chi connectivity index (χ4n) is 2.84. The molecule has 3 rings (SSSR count). The quantitative estimate of drug-likeness (QED) is 0.800. The standard InChI is InChI=1S/C16H20N4O3/c1-4-22-15(21)16(3)7-9-20(10-16)13-12(6-5-8-17-13)14-18-11(2)19-23-14/h5-6,8H,4,7,9-10H2,1-3H3. The Bertz CT molecular complexity index is 715. The first kappa shape index (κ1) is 15.5. The second-order valence-electron chi connectivity index (χ2n) is 5.97. The Kier molecular flexibility index (Phi) is 4.02. The SMILES string of the molecule is CCOC(=O)C1(C)CCN(c2ncccc2-c2nc(C)no2)C1. The first-order chi connectivity index (χ1) is 11.0. The summed E-state index contributed by atoms with van der Waals surface area (Å²) in [5.74, 6) is 1.61. The zero-order valence-corrected chi connectivity index (χ0v) is 13.6. The Morgan fingerprint density at radius 2 is 2.35 bits per heavy atom. The minimum absolute atomic E-state index is 0.159. The molecule has 1 aliphatic rings. The van der Waals surface area contributed by atoms with Gasteiger partial charge in [-0.15, -0.1) is 0 Å². The molecule has 1 saturated heterocycles. The van der Waals surface area contributed by atoms with Crippen molar-refractivity contribution in [2.24, 2.45) is 5.41 Å². The van der Waals surface area contributed by atoms with Crippen molar-refractivity contribution in [1.82, 2.24) is 15.1 Å². The summed E-state index contributed by atoms with van der Waals surface area (Å²) < 4.78 is 10.5. The lowest BCUT2D eigenvalue weighted by Crippen LogP contribution is -2.34. The van der Waals surface area contributed by atoms with Gasteiger partial charge in [0.05, 0.1) is 17.6 Å². The van der Waals surface area contributed by atoms with Crippen LogP contribution in [0.25, 0.3) is 11.5 Å². The Morgan fingerprint density at radius 3 is 3.04 bits per heavy atom. The van der Waals surface area contributed by atoms with Crippen molar-refractivity contribution in [3.05, 3.63) is 24.2 Å². The Balaban J connectivity index is 1.88. The molecule has 3 heterocycles. The number of hydrogen-bond donors (Lipinski definition) is 0. The van der Waals surface area contributed by atoms with Gasteiger partial charge in [0.1, 0.15) is 5.82 Å². The van der Waals surface area contributed by atoms with Gasteiger partial charge in [0.15, 0.2) is 5.82 Å². The van der Waals surface area contributed by atoms with Crippen molar-refractivity contribution in [1.29, 1.82) is 0 Å². The molecule has 7 heteroatoms. The fraction of sp³-hybridized carbons (Fsp3) is 0.500. The van der Waals surface area contributed by atoms with Crippen LogP contribution in [0.5, 0.6) is 0 Å². The van der Waals surface area contributed by atoms with Crippen molar-refractivity contribution >= 4 is 11.8 Å². The van der Waals surface area contributed by atoms with E-state index in [9.17, 15) is 4.79 Å². The second-order valence-corrected chi connectivity index (χ2v) is 5.97. The van der Waals surface area contributed by atoms with Gasteiger partial charge in [0.2, 0.25) is 0 Å². The van der Waals surface area contributed by atoms with Crippen molar-refractivity contribution in [2.45, 2.75) is 27.2 Å². The number of carbonyl (C=O) groups is 1. The molecule has 7 nitrogen and oxygen atoms in total. The average Bonchev–Trinajstić information content (AvgIpc) is 3.15. The van der Waals surface area contributed by atoms with Gasteiger partial charge in [-0.05, 0) is 39.3 Å². The lowest BCUT2D eigenvalue weighted by atomic mass is 9.90. The average molecular weight is 316 g/mol. The third-order valence-electron chi connectivity index (χ3n) is 4.09. The number of rotatable bonds is 4. The predicted molar refractivity (Wildman–Crippen MR) is 83.8 cm³/mol. The van der Waals surface area contributed by atoms with Gasteiger partial charge in [0, 0.05) is 19.3 Å². The van der Waals surface area contributed by atoms with E-state index in [4.69, 9.17) is 9.26 Å². The number of aromatic nitrogens is 3. The summed E-state index contributed by atoms with van der Waals surface area (Å²) >= 11 is 0. The Morgan fingerprint density at radius 1 is 1.52 bits per heavy atom. The second kappa shape index (κ2) is 5.98. The van der Waals surface area contributed by atoms with Crippen molar-refractivity contribution in [3.8, 4) is 11.5 Å². The molecule has 0 saturated carbocycles. The molecule has 2 aromatic heterocycles. The number of carbonyl (C=O) groups excluding carboxylic acids is 1. The van der Waals surface area contributed by atoms with E-state index in [-0.39, 0.29) is 5.97 Å². The third-order valence-corrected chi connectivity index (χ3v) is 4.09. The summed E-state index contributed by atoms with van der Waals surface area (Å²) in [5.41, 5.74) is 0.261. The van der Waals surface area contributed by atoms with Crippen molar-refractivity contribution < 1.29 is 14.1 Å². The number of ether oxygens (including phenoxy) is 1. The summed E-state index contributed by atoms with van der Waals surface area (Å²) in [6.45, 7) is 7.21. The molecule has 122 valence electrons. The van der Waals surface area contributed by atoms with Crippen molar-refractivity contribution in [2.75, 3.05) is 24.6 Å². The van der Waals surface area contributed by atoms with Crippen LogP contribution in [0.1, 0.15) is 26.1 Å². The van der Waals surface area contributed by atoms with Gasteiger partial charge in [-0.2, -0.15) is 4.98 Å². The monoisotopic (exact) mass is 316 g/mol. The van der Waals surface area contributed by atoms with Gasteiger partial charge >= 0.3 is 5.97 Å². The highest BCUT2D eigenvalue weighted by molar-refractivity contribution is 5.79. The molecule has 0 spiro atoms. The maximum absolute atomic E-state index is 12.2. The van der Waals surface area contributed by atoms with Gasteiger partial charge in [-0.3, -0.25) is 4.79 Å². The number of pyridine rings is 1. The smallest absolute Gasteiger partial charge is 0.313 e. The van der Waals surface area contributed by atoms with Gasteiger partial charge in [-0.25, -0.2) is 4.98 Å². The van der Waals surface area contributed by atoms with E-state index >= 15 is 0 Å². The number of hydrogen-bond acceptors (Lipinski definition) is 7. The first-order valence-electron chi connectivity index (χ1n) is 7.71. The molecule has 1 atom stereocenters. The number of esters is 1. The molecule has 1 unspecified atom stereocenters. The van der Waals surface area contributed by atoms with E-state index in [2.05, 4.69) is 20.0 Å². The van der Waals surface area contributed by atoms with Crippen LogP contribution in [0.15, 0.2) is 22.9 Å². The molecular weight excluding hydrogens is 296 g/mol. The number of nitrogens with zero attached hydrogens (tertiary/aromatic N) is 4. The molecule has 0 bridgehead atoms. The van der Waals surface area contributed by atoms with Crippen LogP contribution in [-0.2, 0) is 9.53 Å². The van der Waals surface area contributed by atoms with Crippen LogP contribution in [0, 0.1) is 12.3 Å². The normalized spacial score (nSPS) is 20.7. The zero-order valence-electron chi connectivity index (χ0n) is 13.6. The molecule has 1 aliphatic heterocycles. The Hall–Kier alpha value is -2.44. The molecule has 2 aromatic rings. The van der Waals surface area contributed by atoms with Crippen LogP contribution in [0.4, 0.5) is 5.82 Å². The lowest BCUT2D eigenvalue weighted by Gasteiger charge is -2.23. The van der Waals surface area contributed by atoms with Gasteiger partial charge in [-0.1, -0.05) is 5.16 Å². The molecule has 1 fully saturated rings. The van der Waals surface area contributed by atoms with E-state index in [1.54, 1.807) is 13.1 Å². The predicted octanol–water partition coefficient (Wildman–Crippen LogP) is 2.22. The van der Waals surface area contributed by atoms with Gasteiger partial charge in [0.25, 0.3) is 5.89 Å². The van der Waals surface area contributed by atoms with E-state index in [0.29, 0.717) is 24.9 Å². The van der Waals surface area contributed by atoms with Crippen molar-refractivity contribution in [3.63, 3.8) is 0 Å². The number of anilines is 1. The van der Waals surface area contributed by atoms with E-state index in [0.717, 1.165) is 24.3 Å². The highest BCUT2D eigenvalue weighted by Gasteiger charge is 2.42. The van der Waals surface area contributed by atoms with Crippen LogP contribution in [-0.4, -0.2) is 40.8 Å². The van der Waals surface area contributed by atoms with E-state index in [1.165, 1.54) is 0 Å². The third kappa shape index (κ3) is 2.91. The molecule has 0 amide bonds. The molecular formula is C16H20N4O3. The van der Waals surface area contributed by atoms with Crippen LogP contribution < -0.4 is 4.90 Å². The first-order valence-corrected chi connectivity index (χ1v) is 7.71. The molecule has 0 radical (unpaired) electrons. The highest BCUT2D eigenvalue weighted by Crippen LogP contribution is 2.37. The minimum atomic E-state index is -0.518. The lowest BCUT2D eigenvalue weighted by molar-refractivity contribution is -0.153. The Labute approximate surface area is 134 Å². The fourth-order valence-corrected chi connectivity index (χ4v) is 2.84. The summed E-state index contributed by atoms with van der Waals surface area (Å²) in [7, 11) is 0. The number of aryl methyl sites for hydroxylation is 1. The summed E-state index contributed by atoms with van der Waals surface area (Å²) in [6.07, 6.45) is 2.45. The molecule has 0 N–H and O–H groups in total. The zero-order chi connectivity index (χ0) is 16.4. The van der Waals surface area contributed by atoms with E-state index < -0.39 is 5.41 Å². The topological polar surface area (TPSA) is 81.4 Å². The van der Waals surface area contributed by atoms with Crippen LogP contribution >= 0.6 is 0 Å². The molecule has 0 aliphatic carbocycles. The summed E-state index contributed by atoms with van der Waals surface area (Å²) in [6, 6.07) is 3.73.